The van der Waals surface area contributed by atoms with Gasteiger partial charge in [-0.15, -0.1) is 0 Å². The number of aryl methyl sites for hydroxylation is 2. The standard InChI is InChI=1S/C14H19N3O2/c1-9-3-4-11(10(2)7-9)17-13(18)8-12-14(19)16-6-5-15-12/h3-4,7,12,15H,5-6,8H2,1-2H3,(H,16,19)(H,17,18)/t12-/m1/s1. The third kappa shape index (κ3) is 3.54. The van der Waals surface area contributed by atoms with Crippen LogP contribution in [0, 0.1) is 13.8 Å². The summed E-state index contributed by atoms with van der Waals surface area (Å²) in [5.41, 5.74) is 2.98. The van der Waals surface area contributed by atoms with E-state index in [1.807, 2.05) is 32.0 Å². The summed E-state index contributed by atoms with van der Waals surface area (Å²) in [5, 5.41) is 8.62. The van der Waals surface area contributed by atoms with Gasteiger partial charge < -0.3 is 16.0 Å². The molecule has 1 heterocycles. The number of carbonyl (C=O) groups is 2. The van der Waals surface area contributed by atoms with Crippen LogP contribution in [0.15, 0.2) is 18.2 Å². The van der Waals surface area contributed by atoms with Crippen molar-refractivity contribution in [3.8, 4) is 0 Å². The highest BCUT2D eigenvalue weighted by molar-refractivity contribution is 5.96. The van der Waals surface area contributed by atoms with Crippen molar-refractivity contribution in [3.05, 3.63) is 29.3 Å². The SMILES string of the molecule is Cc1ccc(NC(=O)C[C@H]2NCCNC2=O)c(C)c1. The van der Waals surface area contributed by atoms with E-state index in [4.69, 9.17) is 0 Å². The largest absolute Gasteiger partial charge is 0.353 e. The summed E-state index contributed by atoms with van der Waals surface area (Å²) in [6.45, 7) is 5.28. The van der Waals surface area contributed by atoms with Crippen LogP contribution in [0.5, 0.6) is 0 Å². The van der Waals surface area contributed by atoms with Crippen molar-refractivity contribution in [2.45, 2.75) is 26.3 Å². The van der Waals surface area contributed by atoms with Gasteiger partial charge in [0, 0.05) is 18.8 Å². The Morgan fingerprint density at radius 2 is 2.16 bits per heavy atom. The van der Waals surface area contributed by atoms with Crippen molar-refractivity contribution < 1.29 is 9.59 Å². The molecule has 1 aromatic rings. The summed E-state index contributed by atoms with van der Waals surface area (Å²) >= 11 is 0. The van der Waals surface area contributed by atoms with Crippen LogP contribution in [0.4, 0.5) is 5.69 Å². The van der Waals surface area contributed by atoms with Gasteiger partial charge in [-0.1, -0.05) is 17.7 Å². The molecule has 1 atom stereocenters. The van der Waals surface area contributed by atoms with Crippen molar-refractivity contribution in [2.75, 3.05) is 18.4 Å². The molecule has 3 N–H and O–H groups in total. The summed E-state index contributed by atoms with van der Waals surface area (Å²) < 4.78 is 0. The molecule has 0 aliphatic carbocycles. The molecule has 1 fully saturated rings. The Balaban J connectivity index is 1.95. The van der Waals surface area contributed by atoms with Gasteiger partial charge >= 0.3 is 0 Å². The molecular formula is C14H19N3O2. The molecule has 102 valence electrons. The van der Waals surface area contributed by atoms with Crippen molar-refractivity contribution >= 4 is 17.5 Å². The monoisotopic (exact) mass is 261 g/mol. The smallest absolute Gasteiger partial charge is 0.237 e. The van der Waals surface area contributed by atoms with Crippen LogP contribution in [-0.4, -0.2) is 30.9 Å². The van der Waals surface area contributed by atoms with Crippen LogP contribution in [-0.2, 0) is 9.59 Å². The predicted octanol–water partition coefficient (Wildman–Crippen LogP) is 0.720. The predicted molar refractivity (Wildman–Crippen MR) is 74.0 cm³/mol. The van der Waals surface area contributed by atoms with E-state index in [9.17, 15) is 9.59 Å². The van der Waals surface area contributed by atoms with E-state index < -0.39 is 6.04 Å². The van der Waals surface area contributed by atoms with Gasteiger partial charge in [-0.2, -0.15) is 0 Å². The van der Waals surface area contributed by atoms with E-state index in [1.165, 1.54) is 0 Å². The summed E-state index contributed by atoms with van der Waals surface area (Å²) in [6, 6.07) is 5.42. The molecule has 0 spiro atoms. The van der Waals surface area contributed by atoms with Gasteiger partial charge in [-0.3, -0.25) is 9.59 Å². The second-order valence-corrected chi connectivity index (χ2v) is 4.87. The third-order valence-electron chi connectivity index (χ3n) is 3.18. The minimum atomic E-state index is -0.431. The highest BCUT2D eigenvalue weighted by atomic mass is 16.2. The molecule has 0 saturated carbocycles. The highest BCUT2D eigenvalue weighted by Crippen LogP contribution is 2.16. The van der Waals surface area contributed by atoms with E-state index in [0.717, 1.165) is 16.8 Å². The van der Waals surface area contributed by atoms with Gasteiger partial charge in [0.25, 0.3) is 0 Å². The number of hydrogen-bond donors (Lipinski definition) is 3. The molecule has 5 nitrogen and oxygen atoms in total. The van der Waals surface area contributed by atoms with E-state index >= 15 is 0 Å². The molecular weight excluding hydrogens is 242 g/mol. The van der Waals surface area contributed by atoms with Gasteiger partial charge in [0.2, 0.25) is 11.8 Å². The van der Waals surface area contributed by atoms with Crippen LogP contribution < -0.4 is 16.0 Å². The Morgan fingerprint density at radius 3 is 2.84 bits per heavy atom. The zero-order valence-corrected chi connectivity index (χ0v) is 11.2. The lowest BCUT2D eigenvalue weighted by Crippen LogP contribution is -2.53. The maximum absolute atomic E-state index is 11.9. The van der Waals surface area contributed by atoms with Crippen molar-refractivity contribution in [1.82, 2.24) is 10.6 Å². The molecule has 0 bridgehead atoms. The number of anilines is 1. The summed E-state index contributed by atoms with van der Waals surface area (Å²) in [7, 11) is 0. The Kier molecular flexibility index (Phi) is 4.16. The number of rotatable bonds is 3. The normalized spacial score (nSPS) is 18.8. The first-order valence-electron chi connectivity index (χ1n) is 6.44. The number of hydrogen-bond acceptors (Lipinski definition) is 3. The maximum Gasteiger partial charge on any atom is 0.237 e. The highest BCUT2D eigenvalue weighted by Gasteiger charge is 2.24. The Bertz CT molecular complexity index is 499. The fraction of sp³-hybridized carbons (Fsp3) is 0.429. The topological polar surface area (TPSA) is 70.2 Å². The van der Waals surface area contributed by atoms with Gasteiger partial charge in [-0.05, 0) is 25.5 Å². The molecule has 0 radical (unpaired) electrons. The third-order valence-corrected chi connectivity index (χ3v) is 3.18. The van der Waals surface area contributed by atoms with Gasteiger partial charge in [0.05, 0.1) is 12.5 Å². The zero-order valence-electron chi connectivity index (χ0n) is 11.2. The lowest BCUT2D eigenvalue weighted by atomic mass is 10.1. The van der Waals surface area contributed by atoms with E-state index in [1.54, 1.807) is 0 Å². The number of carbonyl (C=O) groups excluding carboxylic acids is 2. The Labute approximate surface area is 112 Å². The fourth-order valence-electron chi connectivity index (χ4n) is 2.15. The number of benzene rings is 1. The number of nitrogens with one attached hydrogen (secondary N) is 3. The van der Waals surface area contributed by atoms with Crippen LogP contribution in [0.25, 0.3) is 0 Å². The molecule has 2 rings (SSSR count). The van der Waals surface area contributed by atoms with Gasteiger partial charge in [0.15, 0.2) is 0 Å². The van der Waals surface area contributed by atoms with E-state index in [0.29, 0.717) is 13.1 Å². The minimum absolute atomic E-state index is 0.109. The second-order valence-electron chi connectivity index (χ2n) is 4.87. The molecule has 0 aromatic heterocycles. The summed E-state index contributed by atoms with van der Waals surface area (Å²) in [6.07, 6.45) is 0.152. The number of amides is 2. The molecule has 0 unspecified atom stereocenters. The lowest BCUT2D eigenvalue weighted by Gasteiger charge is -2.23. The molecule has 1 aliphatic rings. The molecule has 5 heteroatoms. The van der Waals surface area contributed by atoms with Crippen molar-refractivity contribution in [3.63, 3.8) is 0 Å². The van der Waals surface area contributed by atoms with Crippen LogP contribution >= 0.6 is 0 Å². The second kappa shape index (κ2) is 5.84. The van der Waals surface area contributed by atoms with Crippen molar-refractivity contribution in [1.29, 1.82) is 0 Å². The minimum Gasteiger partial charge on any atom is -0.353 e. The molecule has 1 aromatic carbocycles. The van der Waals surface area contributed by atoms with Crippen LogP contribution in [0.1, 0.15) is 17.5 Å². The van der Waals surface area contributed by atoms with Gasteiger partial charge in [0.1, 0.15) is 0 Å². The van der Waals surface area contributed by atoms with Crippen LogP contribution in [0.2, 0.25) is 0 Å². The molecule has 1 saturated heterocycles. The maximum atomic E-state index is 11.9. The summed E-state index contributed by atoms with van der Waals surface area (Å²) in [5.74, 6) is -0.261. The van der Waals surface area contributed by atoms with Crippen LogP contribution in [0.3, 0.4) is 0 Å². The first kappa shape index (κ1) is 13.5. The fourth-order valence-corrected chi connectivity index (χ4v) is 2.15. The lowest BCUT2D eigenvalue weighted by molar-refractivity contribution is -0.127. The van der Waals surface area contributed by atoms with E-state index in [2.05, 4.69) is 16.0 Å². The average Bonchev–Trinajstić information content (AvgIpc) is 2.36. The van der Waals surface area contributed by atoms with Crippen molar-refractivity contribution in [2.24, 2.45) is 0 Å². The Hall–Kier alpha value is -1.88. The van der Waals surface area contributed by atoms with Gasteiger partial charge in [-0.25, -0.2) is 0 Å². The quantitative estimate of drug-likeness (QED) is 0.751. The molecule has 19 heavy (non-hydrogen) atoms. The number of piperazine rings is 1. The Morgan fingerprint density at radius 1 is 1.37 bits per heavy atom. The molecule has 2 amide bonds. The van der Waals surface area contributed by atoms with E-state index in [-0.39, 0.29) is 18.2 Å². The molecule has 1 aliphatic heterocycles. The first-order chi connectivity index (χ1) is 9.06. The average molecular weight is 261 g/mol. The zero-order chi connectivity index (χ0) is 13.8. The summed E-state index contributed by atoms with van der Waals surface area (Å²) in [4.78, 5) is 23.5. The first-order valence-corrected chi connectivity index (χ1v) is 6.44.